The summed E-state index contributed by atoms with van der Waals surface area (Å²) in [5.41, 5.74) is 6.10. The van der Waals surface area contributed by atoms with E-state index in [4.69, 9.17) is 10.5 Å². The van der Waals surface area contributed by atoms with Gasteiger partial charge in [-0.1, -0.05) is 0 Å². The molecule has 3 rings (SSSR count). The van der Waals surface area contributed by atoms with Gasteiger partial charge in [0.15, 0.2) is 0 Å². The molecule has 0 atom stereocenters. The summed E-state index contributed by atoms with van der Waals surface area (Å²) in [7, 11) is -1.81. The third-order valence-corrected chi connectivity index (χ3v) is 6.09. The number of ether oxygens (including phenoxy) is 1. The van der Waals surface area contributed by atoms with Crippen LogP contribution in [-0.2, 0) is 9.84 Å². The molecule has 11 heteroatoms. The summed E-state index contributed by atoms with van der Waals surface area (Å²) in [6.07, 6.45) is 4.07. The minimum absolute atomic E-state index is 0.0119. The molecule has 0 bridgehead atoms. The maximum absolute atomic E-state index is 13.7. The molecule has 3 N–H and O–H groups in total. The monoisotopic (exact) mass is 451 g/mol. The molecule has 0 amide bonds. The predicted octanol–water partition coefficient (Wildman–Crippen LogP) is 1.04. The lowest BCUT2D eigenvalue weighted by atomic mass is 10.0. The van der Waals surface area contributed by atoms with Crippen molar-refractivity contribution >= 4 is 27.4 Å². The maximum atomic E-state index is 13.7. The van der Waals surface area contributed by atoms with Gasteiger partial charge in [0.05, 0.1) is 24.0 Å². The molecule has 2 aromatic rings. The molecule has 0 radical (unpaired) electrons. The Balaban J connectivity index is 1.92. The third-order valence-electron chi connectivity index (χ3n) is 5.17. The Morgan fingerprint density at radius 1 is 1.32 bits per heavy atom. The lowest BCUT2D eigenvalue weighted by Gasteiger charge is -2.34. The summed E-state index contributed by atoms with van der Waals surface area (Å²) in [6, 6.07) is 3.67. The Morgan fingerprint density at radius 2 is 2.03 bits per heavy atom. The standard InChI is InChI=1S/C20H26FN5O4S/c1-30-17-4-3-13(21)11-15(17)18(27)16-12-24-20(25-19(16)22)26(9-10-31(2,28)29)14-5-7-23-8-6-14/h3-4,11-12,14,23H,5-10H2,1-2H3,(H2,22,24,25). The lowest BCUT2D eigenvalue weighted by Crippen LogP contribution is -2.45. The first-order valence-electron chi connectivity index (χ1n) is 9.85. The number of nitrogens with two attached hydrogens (primary N) is 1. The van der Waals surface area contributed by atoms with Crippen molar-refractivity contribution in [1.29, 1.82) is 0 Å². The molecule has 1 aliphatic rings. The van der Waals surface area contributed by atoms with E-state index in [1.54, 1.807) is 0 Å². The first-order chi connectivity index (χ1) is 14.7. The van der Waals surface area contributed by atoms with E-state index in [0.29, 0.717) is 0 Å². The number of halogens is 1. The Labute approximate surface area is 180 Å². The Kier molecular flexibility index (Phi) is 7.06. The molecule has 168 valence electrons. The van der Waals surface area contributed by atoms with Gasteiger partial charge in [-0.2, -0.15) is 4.98 Å². The van der Waals surface area contributed by atoms with Crippen LogP contribution in [0.3, 0.4) is 0 Å². The van der Waals surface area contributed by atoms with Crippen LogP contribution < -0.4 is 20.7 Å². The van der Waals surface area contributed by atoms with Gasteiger partial charge in [-0.25, -0.2) is 17.8 Å². The summed E-state index contributed by atoms with van der Waals surface area (Å²) >= 11 is 0. The van der Waals surface area contributed by atoms with Gasteiger partial charge in [-0.05, 0) is 44.1 Å². The molecular formula is C20H26FN5O4S. The SMILES string of the molecule is COc1ccc(F)cc1C(=O)c1cnc(N(CCS(C)(=O)=O)C2CCNCC2)nc1N. The highest BCUT2D eigenvalue weighted by atomic mass is 32.2. The van der Waals surface area contributed by atoms with Crippen molar-refractivity contribution in [1.82, 2.24) is 15.3 Å². The number of sulfone groups is 1. The quantitative estimate of drug-likeness (QED) is 0.566. The number of aromatic nitrogens is 2. The molecule has 0 spiro atoms. The Morgan fingerprint density at radius 3 is 2.65 bits per heavy atom. The maximum Gasteiger partial charge on any atom is 0.227 e. The molecule has 1 saturated heterocycles. The second kappa shape index (κ2) is 9.56. The van der Waals surface area contributed by atoms with E-state index in [1.807, 2.05) is 4.90 Å². The normalized spacial score (nSPS) is 14.9. The van der Waals surface area contributed by atoms with Gasteiger partial charge < -0.3 is 20.7 Å². The van der Waals surface area contributed by atoms with Gasteiger partial charge in [0.1, 0.15) is 27.2 Å². The number of carbonyl (C=O) groups is 1. The van der Waals surface area contributed by atoms with Crippen molar-refractivity contribution in [2.75, 3.05) is 49.4 Å². The van der Waals surface area contributed by atoms with Gasteiger partial charge in [-0.15, -0.1) is 0 Å². The number of benzene rings is 1. The number of nitrogens with one attached hydrogen (secondary N) is 1. The van der Waals surface area contributed by atoms with Crippen molar-refractivity contribution < 1.29 is 22.3 Å². The summed E-state index contributed by atoms with van der Waals surface area (Å²) in [6.45, 7) is 1.81. The van der Waals surface area contributed by atoms with E-state index >= 15 is 0 Å². The molecule has 1 aliphatic heterocycles. The van der Waals surface area contributed by atoms with E-state index in [2.05, 4.69) is 15.3 Å². The molecule has 9 nitrogen and oxygen atoms in total. The fraction of sp³-hybridized carbons (Fsp3) is 0.450. The molecule has 1 aromatic carbocycles. The number of hydrogen-bond donors (Lipinski definition) is 2. The average Bonchev–Trinajstić information content (AvgIpc) is 2.73. The molecular weight excluding hydrogens is 425 g/mol. The first-order valence-corrected chi connectivity index (χ1v) is 11.9. The van der Waals surface area contributed by atoms with Crippen molar-refractivity contribution in [3.8, 4) is 5.75 Å². The molecule has 1 fully saturated rings. The zero-order valence-corrected chi connectivity index (χ0v) is 18.3. The highest BCUT2D eigenvalue weighted by Gasteiger charge is 2.26. The van der Waals surface area contributed by atoms with E-state index in [9.17, 15) is 17.6 Å². The van der Waals surface area contributed by atoms with Crippen LogP contribution in [0.5, 0.6) is 5.75 Å². The second-order valence-corrected chi connectivity index (χ2v) is 9.71. The number of ketones is 1. The van der Waals surface area contributed by atoms with Crippen LogP contribution in [0.2, 0.25) is 0 Å². The molecule has 0 aliphatic carbocycles. The van der Waals surface area contributed by atoms with E-state index in [1.165, 1.54) is 31.7 Å². The average molecular weight is 452 g/mol. The zero-order valence-electron chi connectivity index (χ0n) is 17.5. The smallest absolute Gasteiger partial charge is 0.227 e. The Bertz CT molecular complexity index is 1060. The summed E-state index contributed by atoms with van der Waals surface area (Å²) < 4.78 is 42.3. The first kappa shape index (κ1) is 22.9. The van der Waals surface area contributed by atoms with Gasteiger partial charge in [0.2, 0.25) is 11.7 Å². The van der Waals surface area contributed by atoms with Crippen LogP contribution in [0, 0.1) is 5.82 Å². The van der Waals surface area contributed by atoms with Gasteiger partial charge in [0.25, 0.3) is 0 Å². The number of piperidine rings is 1. The topological polar surface area (TPSA) is 128 Å². The van der Waals surface area contributed by atoms with Crippen LogP contribution in [0.1, 0.15) is 28.8 Å². The van der Waals surface area contributed by atoms with Gasteiger partial charge in [-0.3, -0.25) is 4.79 Å². The summed E-state index contributed by atoms with van der Waals surface area (Å²) in [4.78, 5) is 23.4. The minimum Gasteiger partial charge on any atom is -0.496 e. The van der Waals surface area contributed by atoms with E-state index < -0.39 is 21.4 Å². The summed E-state index contributed by atoms with van der Waals surface area (Å²) in [5.74, 6) is -0.806. The molecule has 0 saturated carbocycles. The number of anilines is 2. The number of nitrogen functional groups attached to an aromatic ring is 1. The predicted molar refractivity (Wildman–Crippen MR) is 116 cm³/mol. The van der Waals surface area contributed by atoms with E-state index in [-0.39, 0.29) is 47.0 Å². The molecule has 0 unspecified atom stereocenters. The number of carbonyl (C=O) groups excluding carboxylic acids is 1. The molecule has 2 heterocycles. The fourth-order valence-electron chi connectivity index (χ4n) is 3.53. The van der Waals surface area contributed by atoms with Crippen LogP contribution in [-0.4, -0.2) is 69.0 Å². The highest BCUT2D eigenvalue weighted by molar-refractivity contribution is 7.90. The summed E-state index contributed by atoms with van der Waals surface area (Å²) in [5, 5.41) is 3.26. The minimum atomic E-state index is -3.19. The van der Waals surface area contributed by atoms with Crippen LogP contribution in [0.15, 0.2) is 24.4 Å². The third kappa shape index (κ3) is 5.67. The fourth-order valence-corrected chi connectivity index (χ4v) is 4.06. The molecule has 31 heavy (non-hydrogen) atoms. The lowest BCUT2D eigenvalue weighted by molar-refractivity contribution is 0.103. The van der Waals surface area contributed by atoms with Crippen LogP contribution in [0.4, 0.5) is 16.2 Å². The van der Waals surface area contributed by atoms with Crippen molar-refractivity contribution in [2.24, 2.45) is 0 Å². The largest absolute Gasteiger partial charge is 0.496 e. The van der Waals surface area contributed by atoms with Crippen molar-refractivity contribution in [2.45, 2.75) is 18.9 Å². The number of hydrogen-bond acceptors (Lipinski definition) is 9. The zero-order chi connectivity index (χ0) is 22.6. The second-order valence-electron chi connectivity index (χ2n) is 7.45. The van der Waals surface area contributed by atoms with Crippen LogP contribution >= 0.6 is 0 Å². The number of nitrogens with zero attached hydrogens (tertiary/aromatic N) is 3. The van der Waals surface area contributed by atoms with Crippen LogP contribution in [0.25, 0.3) is 0 Å². The van der Waals surface area contributed by atoms with Gasteiger partial charge >= 0.3 is 0 Å². The number of rotatable bonds is 8. The van der Waals surface area contributed by atoms with Gasteiger partial charge in [0, 0.05) is 25.0 Å². The molecule has 1 aromatic heterocycles. The van der Waals surface area contributed by atoms with Crippen molar-refractivity contribution in [3.63, 3.8) is 0 Å². The van der Waals surface area contributed by atoms with E-state index in [0.717, 1.165) is 32.0 Å². The van der Waals surface area contributed by atoms with Crippen molar-refractivity contribution in [3.05, 3.63) is 41.3 Å². The number of methoxy groups -OCH3 is 1. The Hall–Kier alpha value is -2.79. The highest BCUT2D eigenvalue weighted by Crippen LogP contribution is 2.26.